The molecule has 0 aliphatic carbocycles. The number of hydrogen-bond donors (Lipinski definition) is 2. The molecule has 0 aromatic carbocycles. The van der Waals surface area contributed by atoms with E-state index in [-0.39, 0.29) is 18.2 Å². The van der Waals surface area contributed by atoms with Gasteiger partial charge in [0.1, 0.15) is 0 Å². The van der Waals surface area contributed by atoms with E-state index in [1.165, 1.54) is 0 Å². The number of likely N-dealkylation sites (tertiary alicyclic amines) is 1. The lowest BCUT2D eigenvalue weighted by molar-refractivity contribution is -0.187. The Labute approximate surface area is 132 Å². The minimum absolute atomic E-state index is 0.176. The number of carbonyl (C=O) groups excluding carboxylic acids is 1. The van der Waals surface area contributed by atoms with Gasteiger partial charge in [-0.2, -0.15) is 13.2 Å². The molecule has 0 bridgehead atoms. The number of alkyl halides is 3. The van der Waals surface area contributed by atoms with Crippen molar-refractivity contribution in [3.05, 3.63) is 0 Å². The van der Waals surface area contributed by atoms with E-state index >= 15 is 0 Å². The first kappa shape index (κ1) is 17.8. The molecule has 0 radical (unpaired) electrons. The van der Waals surface area contributed by atoms with Crippen molar-refractivity contribution in [2.45, 2.75) is 44.6 Å². The molecule has 132 valence electrons. The summed E-state index contributed by atoms with van der Waals surface area (Å²) in [7, 11) is 0. The van der Waals surface area contributed by atoms with Crippen molar-refractivity contribution in [3.63, 3.8) is 0 Å². The molecule has 2 fully saturated rings. The molecule has 9 heteroatoms. The number of urea groups is 1. The molecule has 6 nitrogen and oxygen atoms in total. The first-order valence-electron chi connectivity index (χ1n) is 7.50. The molecule has 0 saturated carbocycles. The van der Waals surface area contributed by atoms with Crippen LogP contribution in [0, 0.1) is 11.8 Å². The molecule has 0 aromatic heterocycles. The van der Waals surface area contributed by atoms with Crippen LogP contribution in [0.5, 0.6) is 0 Å². The van der Waals surface area contributed by atoms with Gasteiger partial charge in [-0.05, 0) is 26.7 Å². The largest absolute Gasteiger partial charge is 0.481 e. The van der Waals surface area contributed by atoms with E-state index in [0.29, 0.717) is 0 Å². The van der Waals surface area contributed by atoms with E-state index < -0.39 is 43.1 Å². The number of ether oxygens (including phenoxy) is 1. The third-order valence-electron chi connectivity index (χ3n) is 4.38. The van der Waals surface area contributed by atoms with Gasteiger partial charge < -0.3 is 20.1 Å². The maximum atomic E-state index is 12.9. The molecule has 0 spiro atoms. The normalized spacial score (nSPS) is 30.5. The van der Waals surface area contributed by atoms with Gasteiger partial charge in [0.05, 0.1) is 23.5 Å². The maximum absolute atomic E-state index is 12.9. The number of nitrogens with one attached hydrogen (secondary N) is 1. The fourth-order valence-corrected chi connectivity index (χ4v) is 3.09. The summed E-state index contributed by atoms with van der Waals surface area (Å²) in [6, 6.07) is -0.684. The number of carboxylic acids is 1. The molecule has 2 N–H and O–H groups in total. The fourth-order valence-electron chi connectivity index (χ4n) is 3.09. The number of rotatable bonds is 3. The molecule has 1 unspecified atom stereocenters. The molecule has 2 amide bonds. The molecular weight excluding hydrogens is 317 g/mol. The van der Waals surface area contributed by atoms with Gasteiger partial charge in [-0.15, -0.1) is 0 Å². The summed E-state index contributed by atoms with van der Waals surface area (Å²) in [5.41, 5.74) is -0.265. The lowest BCUT2D eigenvalue weighted by Crippen LogP contribution is -2.42. The lowest BCUT2D eigenvalue weighted by Gasteiger charge is -2.21. The van der Waals surface area contributed by atoms with Crippen LogP contribution in [0.2, 0.25) is 0 Å². The summed E-state index contributed by atoms with van der Waals surface area (Å²) < 4.78 is 44.3. The van der Waals surface area contributed by atoms with Gasteiger partial charge in [0.25, 0.3) is 0 Å². The van der Waals surface area contributed by atoms with E-state index in [0.717, 1.165) is 17.7 Å². The number of carboxylic acid groups (broad SMARTS) is 1. The number of hydrogen-bond acceptors (Lipinski definition) is 3. The Hall–Kier alpha value is -1.51. The zero-order valence-electron chi connectivity index (χ0n) is 13.0. The van der Waals surface area contributed by atoms with Crippen molar-refractivity contribution in [2.24, 2.45) is 11.8 Å². The number of aliphatic carboxylic acids is 1. The second kappa shape index (κ2) is 6.18. The second-order valence-corrected chi connectivity index (χ2v) is 6.72. The van der Waals surface area contributed by atoms with Crippen LogP contribution in [0.3, 0.4) is 0 Å². The van der Waals surface area contributed by atoms with E-state index in [1.54, 1.807) is 0 Å². The molecule has 3 atom stereocenters. The Morgan fingerprint density at radius 1 is 1.35 bits per heavy atom. The van der Waals surface area contributed by atoms with Gasteiger partial charge >= 0.3 is 18.2 Å². The first-order chi connectivity index (χ1) is 10.5. The van der Waals surface area contributed by atoms with Crippen molar-refractivity contribution < 1.29 is 32.6 Å². The Kier molecular flexibility index (Phi) is 4.79. The van der Waals surface area contributed by atoms with Crippen molar-refractivity contribution >= 4 is 12.0 Å². The van der Waals surface area contributed by atoms with Crippen LogP contribution in [0.15, 0.2) is 0 Å². The molecule has 2 aliphatic heterocycles. The average molecular weight is 338 g/mol. The lowest BCUT2D eigenvalue weighted by atomic mass is 9.96. The standard InChI is InChI=1S/C14H21F3N2O4/c1-13(2)4-3-8(23-13)5-18-12(22)19-6-9(11(20)21)10(7-19)14(15,16)17/h8-10H,3-7H2,1-2H3,(H,18,22)(H,20,21)/t8?,9-,10-/m1/s1. The minimum atomic E-state index is -4.64. The Morgan fingerprint density at radius 3 is 2.43 bits per heavy atom. The van der Waals surface area contributed by atoms with Crippen LogP contribution in [0.4, 0.5) is 18.0 Å². The maximum Gasteiger partial charge on any atom is 0.394 e. The summed E-state index contributed by atoms with van der Waals surface area (Å²) >= 11 is 0. The quantitative estimate of drug-likeness (QED) is 0.823. The minimum Gasteiger partial charge on any atom is -0.481 e. The molecule has 0 aromatic rings. The predicted octanol–water partition coefficient (Wildman–Crippen LogP) is 1.85. The van der Waals surface area contributed by atoms with Gasteiger partial charge in [0, 0.05) is 19.6 Å². The third-order valence-corrected chi connectivity index (χ3v) is 4.38. The second-order valence-electron chi connectivity index (χ2n) is 6.72. The Bertz CT molecular complexity index is 481. The number of halogens is 3. The van der Waals surface area contributed by atoms with Crippen molar-refractivity contribution in [2.75, 3.05) is 19.6 Å². The van der Waals surface area contributed by atoms with Crippen LogP contribution in [-0.4, -0.2) is 59.5 Å². The number of nitrogens with zero attached hydrogens (tertiary/aromatic N) is 1. The predicted molar refractivity (Wildman–Crippen MR) is 73.8 cm³/mol. The molecule has 2 saturated heterocycles. The summed E-state index contributed by atoms with van der Waals surface area (Å²) in [5, 5.41) is 11.5. The molecule has 23 heavy (non-hydrogen) atoms. The van der Waals surface area contributed by atoms with Crippen LogP contribution < -0.4 is 5.32 Å². The van der Waals surface area contributed by atoms with E-state index in [9.17, 15) is 22.8 Å². The van der Waals surface area contributed by atoms with Gasteiger partial charge in [-0.3, -0.25) is 4.79 Å². The van der Waals surface area contributed by atoms with Gasteiger partial charge in [-0.25, -0.2) is 4.79 Å². The highest BCUT2D eigenvalue weighted by atomic mass is 19.4. The topological polar surface area (TPSA) is 78.9 Å². The van der Waals surface area contributed by atoms with Crippen LogP contribution in [0.1, 0.15) is 26.7 Å². The van der Waals surface area contributed by atoms with E-state index in [2.05, 4.69) is 5.32 Å². The highest BCUT2D eigenvalue weighted by molar-refractivity contribution is 5.77. The van der Waals surface area contributed by atoms with Gasteiger partial charge in [0.15, 0.2) is 0 Å². The monoisotopic (exact) mass is 338 g/mol. The SMILES string of the molecule is CC1(C)CCC(CNC(=O)N2C[C@@H](C(F)(F)F)[C@H](C(=O)O)C2)O1. The fraction of sp³-hybridized carbons (Fsp3) is 0.857. The smallest absolute Gasteiger partial charge is 0.394 e. The molecule has 2 rings (SSSR count). The van der Waals surface area contributed by atoms with E-state index in [1.807, 2.05) is 13.8 Å². The summed E-state index contributed by atoms with van der Waals surface area (Å²) in [6.07, 6.45) is -3.22. The highest BCUT2D eigenvalue weighted by Gasteiger charge is 2.53. The third kappa shape index (κ3) is 4.27. The molecule has 2 aliphatic rings. The van der Waals surface area contributed by atoms with E-state index in [4.69, 9.17) is 9.84 Å². The first-order valence-corrected chi connectivity index (χ1v) is 7.50. The van der Waals surface area contributed by atoms with Crippen LogP contribution in [0.25, 0.3) is 0 Å². The van der Waals surface area contributed by atoms with Gasteiger partial charge in [-0.1, -0.05) is 0 Å². The average Bonchev–Trinajstić information content (AvgIpc) is 2.99. The summed E-state index contributed by atoms with van der Waals surface area (Å²) in [6.45, 7) is 2.99. The van der Waals surface area contributed by atoms with Crippen molar-refractivity contribution in [1.82, 2.24) is 10.2 Å². The van der Waals surface area contributed by atoms with Crippen LogP contribution >= 0.6 is 0 Å². The Balaban J connectivity index is 1.89. The zero-order chi connectivity index (χ0) is 17.4. The molecule has 2 heterocycles. The van der Waals surface area contributed by atoms with Crippen molar-refractivity contribution in [3.8, 4) is 0 Å². The molecular formula is C14H21F3N2O4. The van der Waals surface area contributed by atoms with Gasteiger partial charge in [0.2, 0.25) is 0 Å². The van der Waals surface area contributed by atoms with Crippen LogP contribution in [-0.2, 0) is 9.53 Å². The highest BCUT2D eigenvalue weighted by Crippen LogP contribution is 2.37. The number of carbonyl (C=O) groups is 2. The summed E-state index contributed by atoms with van der Waals surface area (Å²) in [4.78, 5) is 23.9. The zero-order valence-corrected chi connectivity index (χ0v) is 13.0. The Morgan fingerprint density at radius 2 is 2.00 bits per heavy atom. The number of amides is 2. The van der Waals surface area contributed by atoms with Crippen molar-refractivity contribution in [1.29, 1.82) is 0 Å². The summed E-state index contributed by atoms with van der Waals surface area (Å²) in [5.74, 6) is -5.20.